The number of hydrazine groups is 1. The molecule has 49 heavy (non-hydrogen) atoms. The van der Waals surface area contributed by atoms with Crippen molar-refractivity contribution >= 4 is 10.9 Å². The Labute approximate surface area is 295 Å². The Morgan fingerprint density at radius 3 is 2.43 bits per heavy atom. The largest absolute Gasteiger partial charge is 0.340 e. The Bertz CT molecular complexity index is 1710. The monoisotopic (exact) mass is 667 g/mol. The zero-order chi connectivity index (χ0) is 35.9. The number of allylic oxidation sites excluding steroid dienone is 1. The molecule has 0 saturated carbocycles. The van der Waals surface area contributed by atoms with Crippen molar-refractivity contribution in [1.29, 1.82) is 0 Å². The van der Waals surface area contributed by atoms with Crippen molar-refractivity contribution in [2.24, 2.45) is 28.3 Å². The summed E-state index contributed by atoms with van der Waals surface area (Å²) in [6.07, 6.45) is 9.75. The van der Waals surface area contributed by atoms with Gasteiger partial charge >= 0.3 is 0 Å². The minimum atomic E-state index is -0.205. The zero-order valence-corrected chi connectivity index (χ0v) is 31.6. The van der Waals surface area contributed by atoms with E-state index in [2.05, 4.69) is 102 Å². The number of nitrogens with zero attached hydrogens (tertiary/aromatic N) is 2. The fraction of sp³-hybridized carbons (Fsp3) is 0.512. The van der Waals surface area contributed by atoms with Crippen molar-refractivity contribution in [2.75, 3.05) is 6.54 Å². The molecule has 5 nitrogen and oxygen atoms in total. The summed E-state index contributed by atoms with van der Waals surface area (Å²) < 4.78 is 17.8. The van der Waals surface area contributed by atoms with Gasteiger partial charge in [0.25, 0.3) is 0 Å². The molecular formula is C43H62FN5. The van der Waals surface area contributed by atoms with Crippen LogP contribution in [0.15, 0.2) is 66.9 Å². The van der Waals surface area contributed by atoms with Gasteiger partial charge in [-0.3, -0.25) is 16.3 Å². The zero-order valence-electron chi connectivity index (χ0n) is 31.6. The van der Waals surface area contributed by atoms with Crippen molar-refractivity contribution in [1.82, 2.24) is 15.0 Å². The van der Waals surface area contributed by atoms with Crippen LogP contribution in [0.4, 0.5) is 4.39 Å². The molecule has 2 heterocycles. The fourth-order valence-corrected chi connectivity index (χ4v) is 7.80. The second-order valence-electron chi connectivity index (χ2n) is 15.6. The molecule has 0 aliphatic rings. The highest BCUT2D eigenvalue weighted by Gasteiger charge is 2.28. The van der Waals surface area contributed by atoms with E-state index in [1.807, 2.05) is 12.3 Å². The van der Waals surface area contributed by atoms with Gasteiger partial charge in [-0.25, -0.2) is 4.39 Å². The van der Waals surface area contributed by atoms with Gasteiger partial charge in [-0.05, 0) is 121 Å². The van der Waals surface area contributed by atoms with Crippen LogP contribution in [0.3, 0.4) is 0 Å². The number of aromatic nitrogens is 2. The molecule has 0 amide bonds. The maximum absolute atomic E-state index is 15.4. The minimum absolute atomic E-state index is 0.00348. The van der Waals surface area contributed by atoms with Crippen molar-refractivity contribution in [3.05, 3.63) is 89.5 Å². The molecule has 0 aliphatic carbocycles. The maximum atomic E-state index is 15.4. The summed E-state index contributed by atoms with van der Waals surface area (Å²) >= 11 is 0. The van der Waals surface area contributed by atoms with E-state index in [4.69, 9.17) is 16.6 Å². The fourth-order valence-electron chi connectivity index (χ4n) is 7.80. The van der Waals surface area contributed by atoms with E-state index in [0.717, 1.165) is 92.4 Å². The van der Waals surface area contributed by atoms with Crippen LogP contribution in [-0.2, 0) is 19.4 Å². The Morgan fingerprint density at radius 1 is 1.00 bits per heavy atom. The Kier molecular flexibility index (Phi) is 13.0. The molecule has 6 heteroatoms. The predicted molar refractivity (Wildman–Crippen MR) is 208 cm³/mol. The van der Waals surface area contributed by atoms with Crippen molar-refractivity contribution in [3.8, 4) is 22.4 Å². The van der Waals surface area contributed by atoms with Gasteiger partial charge in [0.2, 0.25) is 0 Å². The number of aryl methyl sites for hydroxylation is 1. The lowest BCUT2D eigenvalue weighted by atomic mass is 9.74. The SMILES string of the molecule is C=C([C@@H](C)Cc1cc(F)cc(-c2ccc3c(c2)c(CC(C)(C)CCC)c(-c2cccnc2C(N)CC)n3CC)c1)C(C)(C)CCCCNN. The Hall–Kier alpha value is -3.32. The number of nitrogens with one attached hydrogen (secondary N) is 1. The van der Waals surface area contributed by atoms with E-state index >= 15 is 4.39 Å². The molecule has 0 bridgehead atoms. The molecule has 0 radical (unpaired) electrons. The van der Waals surface area contributed by atoms with Gasteiger partial charge < -0.3 is 10.3 Å². The third kappa shape index (κ3) is 9.08. The summed E-state index contributed by atoms with van der Waals surface area (Å²) in [7, 11) is 0. The summed E-state index contributed by atoms with van der Waals surface area (Å²) in [5.74, 6) is 5.47. The average Bonchev–Trinajstić information content (AvgIpc) is 3.37. The molecule has 0 fully saturated rings. The lowest BCUT2D eigenvalue weighted by Gasteiger charge is -2.32. The highest BCUT2D eigenvalue weighted by atomic mass is 19.1. The van der Waals surface area contributed by atoms with Gasteiger partial charge in [-0.1, -0.05) is 85.6 Å². The van der Waals surface area contributed by atoms with Crippen molar-refractivity contribution in [2.45, 2.75) is 119 Å². The normalized spacial score (nSPS) is 13.6. The van der Waals surface area contributed by atoms with E-state index < -0.39 is 0 Å². The highest BCUT2D eigenvalue weighted by molar-refractivity contribution is 5.95. The van der Waals surface area contributed by atoms with Gasteiger partial charge in [-0.15, -0.1) is 0 Å². The topological polar surface area (TPSA) is 81.9 Å². The number of hydrogen-bond donors (Lipinski definition) is 3. The van der Waals surface area contributed by atoms with Crippen LogP contribution in [0.2, 0.25) is 0 Å². The van der Waals surface area contributed by atoms with Gasteiger partial charge in [0.15, 0.2) is 0 Å². The Balaban J connectivity index is 1.80. The smallest absolute Gasteiger partial charge is 0.124 e. The highest BCUT2D eigenvalue weighted by Crippen LogP contribution is 2.43. The number of nitrogens with two attached hydrogens (primary N) is 2. The number of benzene rings is 2. The molecule has 1 unspecified atom stereocenters. The second kappa shape index (κ2) is 16.6. The molecule has 4 aromatic rings. The molecule has 266 valence electrons. The number of halogens is 1. The second-order valence-corrected chi connectivity index (χ2v) is 15.6. The summed E-state index contributed by atoms with van der Waals surface area (Å²) in [5, 5.41) is 1.22. The van der Waals surface area contributed by atoms with Gasteiger partial charge in [0.1, 0.15) is 5.82 Å². The molecule has 2 aromatic heterocycles. The van der Waals surface area contributed by atoms with E-state index in [-0.39, 0.29) is 28.6 Å². The summed E-state index contributed by atoms with van der Waals surface area (Å²) in [6, 6.07) is 16.3. The summed E-state index contributed by atoms with van der Waals surface area (Å²) in [6.45, 7) is 24.2. The van der Waals surface area contributed by atoms with Gasteiger partial charge in [0.05, 0.1) is 11.4 Å². The number of pyridine rings is 1. The van der Waals surface area contributed by atoms with Crippen molar-refractivity contribution in [3.63, 3.8) is 0 Å². The molecule has 2 aromatic carbocycles. The standard InChI is InChI=1S/C43H62FN5/c1-10-19-42(6,7)28-37-36-27-32(17-18-39(36)49(12-3)41(37)35-16-15-21-47-40(35)38(45)11-2)33-24-31(25-34(44)26-33)23-29(4)30(5)43(8,9)20-13-14-22-48-46/h15-18,21,24-27,29,38,48H,5,10-14,19-20,22-23,28,45-46H2,1-4,6-9H3/t29-,38?/m0/s1. The van der Waals surface area contributed by atoms with Crippen molar-refractivity contribution < 1.29 is 4.39 Å². The van der Waals surface area contributed by atoms with E-state index in [1.165, 1.54) is 27.7 Å². The number of fused-ring (bicyclic) bond motifs is 1. The Morgan fingerprint density at radius 2 is 1.76 bits per heavy atom. The van der Waals surface area contributed by atoms with Crippen LogP contribution in [0.25, 0.3) is 33.3 Å². The number of hydrogen-bond acceptors (Lipinski definition) is 4. The summed E-state index contributed by atoms with van der Waals surface area (Å²) in [4.78, 5) is 4.81. The first-order valence-electron chi connectivity index (χ1n) is 18.5. The molecule has 0 aliphatic heterocycles. The third-order valence-electron chi connectivity index (χ3n) is 10.6. The van der Waals surface area contributed by atoms with Crippen LogP contribution in [-0.4, -0.2) is 16.1 Å². The van der Waals surface area contributed by atoms with Crippen LogP contribution in [0.1, 0.15) is 117 Å². The molecule has 0 spiro atoms. The van der Waals surface area contributed by atoms with E-state index in [9.17, 15) is 0 Å². The molecule has 0 saturated heterocycles. The van der Waals surface area contributed by atoms with Crippen LogP contribution in [0, 0.1) is 22.6 Å². The van der Waals surface area contributed by atoms with E-state index in [0.29, 0.717) is 0 Å². The van der Waals surface area contributed by atoms with Gasteiger partial charge in [0, 0.05) is 41.8 Å². The third-order valence-corrected chi connectivity index (χ3v) is 10.6. The molecular weight excluding hydrogens is 606 g/mol. The number of rotatable bonds is 18. The maximum Gasteiger partial charge on any atom is 0.124 e. The first kappa shape index (κ1) is 38.5. The predicted octanol–water partition coefficient (Wildman–Crippen LogP) is 10.7. The first-order chi connectivity index (χ1) is 23.3. The quantitative estimate of drug-likeness (QED) is 0.0427. The van der Waals surface area contributed by atoms with Crippen LogP contribution < -0.4 is 17.0 Å². The average molecular weight is 668 g/mol. The lowest BCUT2D eigenvalue weighted by molar-refractivity contribution is 0.330. The molecule has 5 N–H and O–H groups in total. The van der Waals surface area contributed by atoms with E-state index in [1.54, 1.807) is 12.1 Å². The van der Waals surface area contributed by atoms with Gasteiger partial charge in [-0.2, -0.15) is 0 Å². The lowest BCUT2D eigenvalue weighted by Crippen LogP contribution is -2.24. The molecule has 2 atom stereocenters. The molecule has 4 rings (SSSR count). The summed E-state index contributed by atoms with van der Waals surface area (Å²) in [5.41, 5.74) is 19.4. The van der Waals surface area contributed by atoms with Crippen LogP contribution >= 0.6 is 0 Å². The first-order valence-corrected chi connectivity index (χ1v) is 18.5. The van der Waals surface area contributed by atoms with Crippen LogP contribution in [0.5, 0.6) is 0 Å². The number of unbranched alkanes of at least 4 members (excludes halogenated alkanes) is 1. The minimum Gasteiger partial charge on any atom is -0.340 e.